The number of carbonyl (C=O) groups excluding carboxylic acids is 1. The van der Waals surface area contributed by atoms with Crippen molar-refractivity contribution in [3.05, 3.63) is 65.5 Å². The number of benzene rings is 2. The highest BCUT2D eigenvalue weighted by molar-refractivity contribution is 5.94. The first-order valence-electron chi connectivity index (χ1n) is 10.7. The third kappa shape index (κ3) is 7.92. The number of para-hydroxylation sites is 1. The summed E-state index contributed by atoms with van der Waals surface area (Å²) in [5.74, 6) is 0.545. The van der Waals surface area contributed by atoms with Crippen molar-refractivity contribution in [3.8, 4) is 5.75 Å². The number of hydrogen-bond acceptors (Lipinski definition) is 3. The van der Waals surface area contributed by atoms with E-state index in [0.29, 0.717) is 31.0 Å². The Hall–Kier alpha value is -3.09. The monoisotopic (exact) mass is 428 g/mol. The van der Waals surface area contributed by atoms with Crippen molar-refractivity contribution in [2.75, 3.05) is 33.7 Å². The Morgan fingerprint density at radius 3 is 2.58 bits per heavy atom. The molecule has 1 unspecified atom stereocenters. The van der Waals surface area contributed by atoms with Crippen LogP contribution in [0.1, 0.15) is 36.2 Å². The van der Waals surface area contributed by atoms with E-state index in [9.17, 15) is 9.18 Å². The maximum absolute atomic E-state index is 13.8. The molecule has 0 saturated heterocycles. The number of guanidine groups is 1. The van der Waals surface area contributed by atoms with Gasteiger partial charge < -0.3 is 20.3 Å². The van der Waals surface area contributed by atoms with E-state index in [0.717, 1.165) is 18.5 Å². The van der Waals surface area contributed by atoms with Crippen LogP contribution in [-0.4, -0.2) is 56.6 Å². The summed E-state index contributed by atoms with van der Waals surface area (Å²) in [4.78, 5) is 18.3. The van der Waals surface area contributed by atoms with Gasteiger partial charge in [0.1, 0.15) is 6.10 Å². The first-order chi connectivity index (χ1) is 14.9. The maximum Gasteiger partial charge on any atom is 0.253 e. The molecule has 0 saturated carbocycles. The van der Waals surface area contributed by atoms with Crippen molar-refractivity contribution in [2.24, 2.45) is 4.99 Å². The van der Waals surface area contributed by atoms with Gasteiger partial charge in [0.05, 0.1) is 6.54 Å². The van der Waals surface area contributed by atoms with Gasteiger partial charge in [-0.05, 0) is 49.6 Å². The molecule has 7 heteroatoms. The highest BCUT2D eigenvalue weighted by Gasteiger charge is 2.12. The van der Waals surface area contributed by atoms with E-state index in [1.54, 1.807) is 37.2 Å². The van der Waals surface area contributed by atoms with Crippen LogP contribution in [0, 0.1) is 5.82 Å². The van der Waals surface area contributed by atoms with Crippen LogP contribution in [0.5, 0.6) is 5.75 Å². The lowest BCUT2D eigenvalue weighted by Crippen LogP contribution is -2.39. The zero-order chi connectivity index (χ0) is 22.6. The standard InChI is InChI=1S/C24H33FN4O2/c1-5-20(31-22-13-8-7-12-21(22)25)17-28-24(26-6-2)27-15-14-18-10-9-11-19(16-18)23(30)29(3)4/h7-13,16,20H,5-6,14-15,17H2,1-4H3,(H2,26,27,28). The summed E-state index contributed by atoms with van der Waals surface area (Å²) in [6.07, 6.45) is 1.24. The van der Waals surface area contributed by atoms with Crippen LogP contribution in [0.15, 0.2) is 53.5 Å². The van der Waals surface area contributed by atoms with Gasteiger partial charge in [-0.15, -0.1) is 0 Å². The van der Waals surface area contributed by atoms with Crippen molar-refractivity contribution >= 4 is 11.9 Å². The number of halogens is 1. The summed E-state index contributed by atoms with van der Waals surface area (Å²) in [7, 11) is 3.49. The topological polar surface area (TPSA) is 66.0 Å². The lowest BCUT2D eigenvalue weighted by molar-refractivity contribution is 0.0827. The summed E-state index contributed by atoms with van der Waals surface area (Å²) in [5, 5.41) is 6.53. The van der Waals surface area contributed by atoms with Gasteiger partial charge in [-0.25, -0.2) is 9.38 Å². The van der Waals surface area contributed by atoms with E-state index in [1.165, 1.54) is 6.07 Å². The predicted molar refractivity (Wildman–Crippen MR) is 123 cm³/mol. The fraction of sp³-hybridized carbons (Fsp3) is 0.417. The Morgan fingerprint density at radius 1 is 1.13 bits per heavy atom. The van der Waals surface area contributed by atoms with Crippen molar-refractivity contribution in [1.29, 1.82) is 0 Å². The molecular formula is C24H33FN4O2. The Balaban J connectivity index is 1.93. The normalized spacial score (nSPS) is 12.2. The fourth-order valence-corrected chi connectivity index (χ4v) is 2.95. The van der Waals surface area contributed by atoms with Gasteiger partial charge in [0.2, 0.25) is 0 Å². The number of nitrogens with one attached hydrogen (secondary N) is 2. The van der Waals surface area contributed by atoms with Gasteiger partial charge in [-0.3, -0.25) is 4.79 Å². The number of rotatable bonds is 10. The Kier molecular flexibility index (Phi) is 9.81. The van der Waals surface area contributed by atoms with Crippen LogP contribution in [0.3, 0.4) is 0 Å². The summed E-state index contributed by atoms with van der Waals surface area (Å²) in [6.45, 7) is 5.79. The summed E-state index contributed by atoms with van der Waals surface area (Å²) < 4.78 is 19.6. The molecule has 1 atom stereocenters. The Bertz CT molecular complexity index is 870. The number of carbonyl (C=O) groups is 1. The summed E-state index contributed by atoms with van der Waals surface area (Å²) in [6, 6.07) is 14.1. The molecular weight excluding hydrogens is 395 g/mol. The number of aliphatic imine (C=N–C) groups is 1. The Morgan fingerprint density at radius 2 is 1.90 bits per heavy atom. The second-order valence-electron chi connectivity index (χ2n) is 7.37. The minimum Gasteiger partial charge on any atom is -0.485 e. The van der Waals surface area contributed by atoms with Gasteiger partial charge in [-0.2, -0.15) is 0 Å². The molecule has 0 bridgehead atoms. The Labute approximate surface area is 184 Å². The molecule has 0 radical (unpaired) electrons. The molecule has 0 heterocycles. The molecule has 0 aromatic heterocycles. The molecule has 168 valence electrons. The van der Waals surface area contributed by atoms with E-state index in [2.05, 4.69) is 15.6 Å². The molecule has 2 N–H and O–H groups in total. The minimum absolute atomic E-state index is 0.00910. The number of nitrogens with zero attached hydrogens (tertiary/aromatic N) is 2. The molecule has 0 aliphatic carbocycles. The van der Waals surface area contributed by atoms with Crippen molar-refractivity contribution in [2.45, 2.75) is 32.8 Å². The van der Waals surface area contributed by atoms with Crippen LogP contribution in [0.4, 0.5) is 4.39 Å². The zero-order valence-electron chi connectivity index (χ0n) is 18.8. The third-order valence-corrected chi connectivity index (χ3v) is 4.67. The van der Waals surface area contributed by atoms with Crippen LogP contribution in [0.2, 0.25) is 0 Å². The zero-order valence-corrected chi connectivity index (χ0v) is 18.8. The van der Waals surface area contributed by atoms with Gasteiger partial charge in [0, 0.05) is 32.7 Å². The van der Waals surface area contributed by atoms with E-state index in [4.69, 9.17) is 4.74 Å². The molecule has 2 rings (SSSR count). The lowest BCUT2D eigenvalue weighted by Gasteiger charge is -2.17. The minimum atomic E-state index is -0.370. The highest BCUT2D eigenvalue weighted by Crippen LogP contribution is 2.18. The maximum atomic E-state index is 13.8. The molecule has 0 fully saturated rings. The molecule has 0 spiro atoms. The number of hydrogen-bond donors (Lipinski definition) is 2. The summed E-state index contributed by atoms with van der Waals surface area (Å²) >= 11 is 0. The van der Waals surface area contributed by atoms with Crippen LogP contribution >= 0.6 is 0 Å². The second-order valence-corrected chi connectivity index (χ2v) is 7.37. The SMILES string of the molecule is CCNC(=NCC(CC)Oc1ccccc1F)NCCc1cccc(C(=O)N(C)C)c1. The highest BCUT2D eigenvalue weighted by atomic mass is 19.1. The van der Waals surface area contributed by atoms with Crippen LogP contribution in [0.25, 0.3) is 0 Å². The van der Waals surface area contributed by atoms with Crippen LogP contribution in [-0.2, 0) is 6.42 Å². The molecule has 2 aromatic rings. The van der Waals surface area contributed by atoms with Crippen LogP contribution < -0.4 is 15.4 Å². The lowest BCUT2D eigenvalue weighted by atomic mass is 10.1. The third-order valence-electron chi connectivity index (χ3n) is 4.67. The smallest absolute Gasteiger partial charge is 0.253 e. The first kappa shape index (κ1) is 24.2. The molecule has 31 heavy (non-hydrogen) atoms. The van der Waals surface area contributed by atoms with Gasteiger partial charge in [0.25, 0.3) is 5.91 Å². The molecule has 6 nitrogen and oxygen atoms in total. The van der Waals surface area contributed by atoms with E-state index in [1.807, 2.05) is 38.1 Å². The fourth-order valence-electron chi connectivity index (χ4n) is 2.95. The average Bonchev–Trinajstić information content (AvgIpc) is 2.77. The van der Waals surface area contributed by atoms with E-state index >= 15 is 0 Å². The van der Waals surface area contributed by atoms with Crippen molar-refractivity contribution in [1.82, 2.24) is 15.5 Å². The largest absolute Gasteiger partial charge is 0.485 e. The number of ether oxygens (including phenoxy) is 1. The quantitative estimate of drug-likeness (QED) is 0.449. The van der Waals surface area contributed by atoms with E-state index in [-0.39, 0.29) is 23.6 Å². The van der Waals surface area contributed by atoms with E-state index < -0.39 is 0 Å². The predicted octanol–water partition coefficient (Wildman–Crippen LogP) is 3.48. The van der Waals surface area contributed by atoms with Gasteiger partial charge in [-0.1, -0.05) is 31.2 Å². The molecule has 2 aromatic carbocycles. The first-order valence-corrected chi connectivity index (χ1v) is 10.7. The second kappa shape index (κ2) is 12.6. The molecule has 0 aliphatic heterocycles. The van der Waals surface area contributed by atoms with Gasteiger partial charge >= 0.3 is 0 Å². The van der Waals surface area contributed by atoms with Crippen molar-refractivity contribution < 1.29 is 13.9 Å². The molecule has 1 amide bonds. The number of amides is 1. The summed E-state index contributed by atoms with van der Waals surface area (Å²) in [5.41, 5.74) is 1.75. The molecule has 0 aliphatic rings. The van der Waals surface area contributed by atoms with Gasteiger partial charge in [0.15, 0.2) is 17.5 Å². The van der Waals surface area contributed by atoms with Crippen molar-refractivity contribution in [3.63, 3.8) is 0 Å². The average molecular weight is 429 g/mol.